The van der Waals surface area contributed by atoms with Crippen molar-refractivity contribution in [2.45, 2.75) is 6.17 Å². The van der Waals surface area contributed by atoms with E-state index in [4.69, 9.17) is 4.99 Å². The Balaban J connectivity index is 1.42. The van der Waals surface area contributed by atoms with Crippen LogP contribution in [0.25, 0.3) is 0 Å². The predicted molar refractivity (Wildman–Crippen MR) is 135 cm³/mol. The molecular formula is C27H27N5O2. The summed E-state index contributed by atoms with van der Waals surface area (Å²) in [6.07, 6.45) is -1.05. The molecule has 2 amide bonds. The molecule has 2 aliphatic rings. The second-order valence-corrected chi connectivity index (χ2v) is 8.60. The molecule has 172 valence electrons. The molecule has 34 heavy (non-hydrogen) atoms. The fourth-order valence-electron chi connectivity index (χ4n) is 4.30. The van der Waals surface area contributed by atoms with Crippen LogP contribution in [0.4, 0.5) is 11.4 Å². The van der Waals surface area contributed by atoms with Crippen molar-refractivity contribution >= 4 is 28.9 Å². The summed E-state index contributed by atoms with van der Waals surface area (Å²) >= 11 is 0. The molecule has 2 heterocycles. The van der Waals surface area contributed by atoms with Gasteiger partial charge in [0.25, 0.3) is 11.8 Å². The van der Waals surface area contributed by atoms with E-state index in [-0.39, 0.29) is 11.8 Å². The normalized spacial score (nSPS) is 18.4. The number of likely N-dealkylation sites (N-methyl/N-ethyl adjacent to an activating group) is 1. The summed E-state index contributed by atoms with van der Waals surface area (Å²) in [4.78, 5) is 35.5. The van der Waals surface area contributed by atoms with Gasteiger partial charge in [0.1, 0.15) is 0 Å². The number of nitrogens with one attached hydrogen (secondary N) is 2. The highest BCUT2D eigenvalue weighted by atomic mass is 16.2. The van der Waals surface area contributed by atoms with E-state index in [2.05, 4.69) is 27.5 Å². The number of amides is 2. The van der Waals surface area contributed by atoms with Crippen molar-refractivity contribution in [3.63, 3.8) is 0 Å². The van der Waals surface area contributed by atoms with Crippen molar-refractivity contribution in [3.8, 4) is 0 Å². The van der Waals surface area contributed by atoms with Crippen LogP contribution in [0.1, 0.15) is 21.5 Å². The van der Waals surface area contributed by atoms with Crippen molar-refractivity contribution in [2.75, 3.05) is 43.4 Å². The van der Waals surface area contributed by atoms with Crippen molar-refractivity contribution in [2.24, 2.45) is 4.99 Å². The number of hydrogen-bond donors (Lipinski definition) is 2. The first-order valence-corrected chi connectivity index (χ1v) is 11.5. The second kappa shape index (κ2) is 9.49. The van der Waals surface area contributed by atoms with Crippen LogP contribution < -0.4 is 15.5 Å². The molecule has 3 aromatic rings. The Morgan fingerprint density at radius 1 is 0.941 bits per heavy atom. The van der Waals surface area contributed by atoms with Gasteiger partial charge in [0.05, 0.1) is 11.4 Å². The molecule has 1 saturated heterocycles. The number of benzene rings is 3. The molecule has 7 nitrogen and oxygen atoms in total. The van der Waals surface area contributed by atoms with Crippen LogP contribution in [-0.2, 0) is 4.79 Å². The smallest absolute Gasteiger partial charge is 0.269 e. The molecule has 7 heteroatoms. The standard InChI is InChI=1S/C27H27N5O2/c1-31-14-16-32(17-15-31)21-11-7-10-20(18-21)26(33)30-25-27(34)28-23-13-6-5-12-22(23)24(29-25)19-8-3-2-4-9-19/h2-13,18,25H,14-17H2,1H3,(H,28,34)(H,30,33)/t25-/m1/s1. The quantitative estimate of drug-likeness (QED) is 0.637. The van der Waals surface area contributed by atoms with Crippen LogP contribution >= 0.6 is 0 Å². The minimum absolute atomic E-state index is 0.335. The Labute approximate surface area is 199 Å². The minimum Gasteiger partial charge on any atom is -0.369 e. The third-order valence-electron chi connectivity index (χ3n) is 6.24. The van der Waals surface area contributed by atoms with E-state index in [9.17, 15) is 9.59 Å². The van der Waals surface area contributed by atoms with Gasteiger partial charge < -0.3 is 20.4 Å². The number of carbonyl (C=O) groups excluding carboxylic acids is 2. The number of benzodiazepines with no additional fused rings is 1. The Hall–Kier alpha value is -3.97. The fourth-order valence-corrected chi connectivity index (χ4v) is 4.30. The minimum atomic E-state index is -1.05. The van der Waals surface area contributed by atoms with E-state index in [1.165, 1.54) is 0 Å². The lowest BCUT2D eigenvalue weighted by Crippen LogP contribution is -2.44. The topological polar surface area (TPSA) is 77.0 Å². The molecule has 1 atom stereocenters. The van der Waals surface area contributed by atoms with Crippen LogP contribution in [0, 0.1) is 0 Å². The summed E-state index contributed by atoms with van der Waals surface area (Å²) < 4.78 is 0. The first kappa shape index (κ1) is 21.9. The van der Waals surface area contributed by atoms with E-state index < -0.39 is 6.17 Å². The molecule has 0 spiro atoms. The molecule has 0 aromatic heterocycles. The zero-order chi connectivity index (χ0) is 23.5. The zero-order valence-corrected chi connectivity index (χ0v) is 19.1. The van der Waals surface area contributed by atoms with Gasteiger partial charge in [-0.15, -0.1) is 0 Å². The monoisotopic (exact) mass is 453 g/mol. The molecule has 0 unspecified atom stereocenters. The highest BCUT2D eigenvalue weighted by Crippen LogP contribution is 2.24. The largest absolute Gasteiger partial charge is 0.369 e. The average molecular weight is 454 g/mol. The Bertz CT molecular complexity index is 1230. The molecule has 0 aliphatic carbocycles. The van der Waals surface area contributed by atoms with Crippen LogP contribution in [0.2, 0.25) is 0 Å². The van der Waals surface area contributed by atoms with Gasteiger partial charge in [-0.05, 0) is 31.3 Å². The number of para-hydroxylation sites is 1. The van der Waals surface area contributed by atoms with Gasteiger partial charge in [-0.1, -0.05) is 54.6 Å². The van der Waals surface area contributed by atoms with Crippen molar-refractivity contribution in [1.82, 2.24) is 10.2 Å². The van der Waals surface area contributed by atoms with E-state index in [0.29, 0.717) is 17.0 Å². The maximum absolute atomic E-state index is 13.2. The number of rotatable bonds is 4. The number of anilines is 2. The molecule has 0 bridgehead atoms. The van der Waals surface area contributed by atoms with Crippen LogP contribution in [0.3, 0.4) is 0 Å². The second-order valence-electron chi connectivity index (χ2n) is 8.60. The summed E-state index contributed by atoms with van der Waals surface area (Å²) in [6.45, 7) is 3.79. The molecule has 5 rings (SSSR count). The molecule has 1 fully saturated rings. The van der Waals surface area contributed by atoms with Gasteiger partial charge in [-0.2, -0.15) is 0 Å². The van der Waals surface area contributed by atoms with Gasteiger partial charge in [-0.25, -0.2) is 4.99 Å². The Morgan fingerprint density at radius 3 is 2.47 bits per heavy atom. The molecule has 2 N–H and O–H groups in total. The highest BCUT2D eigenvalue weighted by molar-refractivity contribution is 6.20. The predicted octanol–water partition coefficient (Wildman–Crippen LogP) is 2.98. The van der Waals surface area contributed by atoms with Gasteiger partial charge in [0.2, 0.25) is 6.17 Å². The summed E-state index contributed by atoms with van der Waals surface area (Å²) in [5.74, 6) is -0.708. The van der Waals surface area contributed by atoms with E-state index in [0.717, 1.165) is 43.0 Å². The van der Waals surface area contributed by atoms with Gasteiger partial charge >= 0.3 is 0 Å². The van der Waals surface area contributed by atoms with Gasteiger partial charge in [0, 0.05) is 48.6 Å². The maximum atomic E-state index is 13.2. The maximum Gasteiger partial charge on any atom is 0.269 e. The molecule has 0 saturated carbocycles. The van der Waals surface area contributed by atoms with Crippen molar-refractivity contribution in [3.05, 3.63) is 95.6 Å². The first-order chi connectivity index (χ1) is 16.6. The Morgan fingerprint density at radius 2 is 1.68 bits per heavy atom. The summed E-state index contributed by atoms with van der Waals surface area (Å²) in [5, 5.41) is 5.75. The first-order valence-electron chi connectivity index (χ1n) is 11.5. The van der Waals surface area contributed by atoms with E-state index >= 15 is 0 Å². The lowest BCUT2D eigenvalue weighted by Gasteiger charge is -2.34. The summed E-state index contributed by atoms with van der Waals surface area (Å²) in [7, 11) is 2.11. The van der Waals surface area contributed by atoms with Crippen LogP contribution in [0.5, 0.6) is 0 Å². The number of fused-ring (bicyclic) bond motifs is 1. The molecule has 0 radical (unpaired) electrons. The SMILES string of the molecule is CN1CCN(c2cccc(C(=O)N[C@H]3N=C(c4ccccc4)c4ccccc4NC3=O)c2)CC1. The third kappa shape index (κ3) is 4.56. The summed E-state index contributed by atoms with van der Waals surface area (Å²) in [5.41, 5.74) is 4.53. The molecule has 3 aromatic carbocycles. The van der Waals surface area contributed by atoms with Crippen LogP contribution in [0.15, 0.2) is 83.9 Å². The fraction of sp³-hybridized carbons (Fsp3) is 0.222. The summed E-state index contributed by atoms with van der Waals surface area (Å²) in [6, 6.07) is 24.8. The van der Waals surface area contributed by atoms with Gasteiger partial charge in [0.15, 0.2) is 0 Å². The lowest BCUT2D eigenvalue weighted by atomic mass is 10.0. The number of carbonyl (C=O) groups is 2. The zero-order valence-electron chi connectivity index (χ0n) is 19.1. The number of nitrogens with zero attached hydrogens (tertiary/aromatic N) is 3. The number of aliphatic imine (C=N–C) groups is 1. The molecular weight excluding hydrogens is 426 g/mol. The average Bonchev–Trinajstić information content (AvgIpc) is 3.01. The van der Waals surface area contributed by atoms with Crippen molar-refractivity contribution in [1.29, 1.82) is 0 Å². The number of hydrogen-bond acceptors (Lipinski definition) is 5. The lowest BCUT2D eigenvalue weighted by molar-refractivity contribution is -0.117. The van der Waals surface area contributed by atoms with E-state index in [1.54, 1.807) is 6.07 Å². The number of piperazine rings is 1. The van der Waals surface area contributed by atoms with Gasteiger partial charge in [-0.3, -0.25) is 9.59 Å². The Kier molecular flexibility index (Phi) is 6.10. The van der Waals surface area contributed by atoms with E-state index in [1.807, 2.05) is 72.8 Å². The highest BCUT2D eigenvalue weighted by Gasteiger charge is 2.27. The van der Waals surface area contributed by atoms with Crippen molar-refractivity contribution < 1.29 is 9.59 Å². The molecule has 2 aliphatic heterocycles. The third-order valence-corrected chi connectivity index (χ3v) is 6.24. The van der Waals surface area contributed by atoms with Crippen LogP contribution in [-0.4, -0.2) is 61.8 Å².